The quantitative estimate of drug-likeness (QED) is 0.823. The number of pyridine rings is 1. The number of ether oxygens (including phenoxy) is 2. The lowest BCUT2D eigenvalue weighted by molar-refractivity contribution is -0.126. The maximum atomic E-state index is 12.2. The van der Waals surface area contributed by atoms with E-state index in [1.165, 1.54) is 0 Å². The van der Waals surface area contributed by atoms with Crippen molar-refractivity contribution in [3.8, 4) is 0 Å². The van der Waals surface area contributed by atoms with Crippen molar-refractivity contribution in [1.82, 2.24) is 20.1 Å². The van der Waals surface area contributed by atoms with Crippen molar-refractivity contribution in [1.29, 1.82) is 0 Å². The number of carbonyl (C=O) groups is 1. The molecule has 0 bridgehead atoms. The number of aromatic nitrogens is 3. The molecule has 134 valence electrons. The second-order valence-electron chi connectivity index (χ2n) is 6.24. The Kier molecular flexibility index (Phi) is 6.14. The maximum Gasteiger partial charge on any atom is 0.222 e. The number of nitrogens with zero attached hydrogens (tertiary/aromatic N) is 3. The highest BCUT2D eigenvalue weighted by Gasteiger charge is 2.28. The number of carbonyl (C=O) groups excluding carboxylic acids is 1. The van der Waals surface area contributed by atoms with Crippen molar-refractivity contribution < 1.29 is 14.3 Å². The van der Waals surface area contributed by atoms with E-state index < -0.39 is 0 Å². The van der Waals surface area contributed by atoms with Crippen LogP contribution in [0, 0.1) is 6.92 Å². The summed E-state index contributed by atoms with van der Waals surface area (Å²) in [6, 6.07) is 5.61. The summed E-state index contributed by atoms with van der Waals surface area (Å²) in [5.41, 5.74) is 1.97. The molecule has 3 rings (SSSR count). The fourth-order valence-corrected chi connectivity index (χ4v) is 2.81. The predicted octanol–water partition coefficient (Wildman–Crippen LogP) is 1.47. The first-order chi connectivity index (χ1) is 12.2. The van der Waals surface area contributed by atoms with E-state index in [4.69, 9.17) is 9.47 Å². The molecule has 0 saturated carbocycles. The van der Waals surface area contributed by atoms with Crippen LogP contribution in [0.5, 0.6) is 0 Å². The Morgan fingerprint density at radius 1 is 1.48 bits per heavy atom. The minimum Gasteiger partial charge on any atom is -0.379 e. The van der Waals surface area contributed by atoms with E-state index in [-0.39, 0.29) is 18.1 Å². The fraction of sp³-hybridized carbons (Fsp3) is 0.500. The molecular formula is C18H24N4O3. The zero-order valence-corrected chi connectivity index (χ0v) is 14.4. The van der Waals surface area contributed by atoms with E-state index >= 15 is 0 Å². The van der Waals surface area contributed by atoms with Gasteiger partial charge in [-0.1, -0.05) is 6.07 Å². The van der Waals surface area contributed by atoms with Crippen LogP contribution in [-0.2, 0) is 27.4 Å². The zero-order valence-electron chi connectivity index (χ0n) is 14.4. The minimum absolute atomic E-state index is 0.0184. The number of amides is 1. The van der Waals surface area contributed by atoms with Gasteiger partial charge in [-0.3, -0.25) is 14.5 Å². The largest absolute Gasteiger partial charge is 0.379 e. The van der Waals surface area contributed by atoms with Gasteiger partial charge in [-0.15, -0.1) is 0 Å². The average Bonchev–Trinajstić information content (AvgIpc) is 3.05. The Morgan fingerprint density at radius 3 is 3.16 bits per heavy atom. The van der Waals surface area contributed by atoms with Gasteiger partial charge in [-0.2, -0.15) is 5.10 Å². The average molecular weight is 344 g/mol. The SMILES string of the molecule is Cc1cnn(CCC(=O)N[C@H]2COCC[C@@H]2OCc2ccccn2)c1. The summed E-state index contributed by atoms with van der Waals surface area (Å²) in [7, 11) is 0. The number of nitrogens with one attached hydrogen (secondary N) is 1. The third-order valence-electron chi connectivity index (χ3n) is 4.14. The summed E-state index contributed by atoms with van der Waals surface area (Å²) in [4.78, 5) is 16.5. The zero-order chi connectivity index (χ0) is 17.5. The third-order valence-corrected chi connectivity index (χ3v) is 4.14. The maximum absolute atomic E-state index is 12.2. The molecule has 1 aliphatic rings. The summed E-state index contributed by atoms with van der Waals surface area (Å²) in [5.74, 6) is -0.0184. The highest BCUT2D eigenvalue weighted by molar-refractivity contribution is 5.76. The van der Waals surface area contributed by atoms with Gasteiger partial charge >= 0.3 is 0 Å². The number of aryl methyl sites for hydroxylation is 2. The second kappa shape index (κ2) is 8.73. The molecule has 2 aromatic rings. The first kappa shape index (κ1) is 17.6. The summed E-state index contributed by atoms with van der Waals surface area (Å²) in [5, 5.41) is 7.22. The van der Waals surface area contributed by atoms with E-state index in [0.717, 1.165) is 17.7 Å². The van der Waals surface area contributed by atoms with Crippen LogP contribution in [0.15, 0.2) is 36.8 Å². The molecule has 1 saturated heterocycles. The first-order valence-electron chi connectivity index (χ1n) is 8.58. The standard InChI is InChI=1S/C18H24N4O3/c1-14-10-20-22(11-14)8-5-18(23)21-16-13-24-9-6-17(16)25-12-15-4-2-3-7-19-15/h2-4,7,10-11,16-17H,5-6,8-9,12-13H2,1H3,(H,21,23)/t16-,17-/m0/s1. The van der Waals surface area contributed by atoms with Crippen LogP contribution in [0.1, 0.15) is 24.1 Å². The van der Waals surface area contributed by atoms with Gasteiger partial charge in [0.1, 0.15) is 0 Å². The Labute approximate surface area is 147 Å². The summed E-state index contributed by atoms with van der Waals surface area (Å²) in [6.07, 6.45) is 6.54. The molecule has 0 radical (unpaired) electrons. The summed E-state index contributed by atoms with van der Waals surface area (Å²) in [6.45, 7) is 4.09. The van der Waals surface area contributed by atoms with Crippen molar-refractivity contribution in [2.45, 2.75) is 45.1 Å². The molecule has 7 heteroatoms. The monoisotopic (exact) mass is 344 g/mol. The Morgan fingerprint density at radius 2 is 2.40 bits per heavy atom. The molecule has 1 fully saturated rings. The van der Waals surface area contributed by atoms with Crippen molar-refractivity contribution >= 4 is 5.91 Å². The number of hydrogen-bond acceptors (Lipinski definition) is 5. The van der Waals surface area contributed by atoms with Crippen LogP contribution in [0.3, 0.4) is 0 Å². The summed E-state index contributed by atoms with van der Waals surface area (Å²) >= 11 is 0. The highest BCUT2D eigenvalue weighted by atomic mass is 16.5. The van der Waals surface area contributed by atoms with Gasteiger partial charge in [0.25, 0.3) is 0 Å². The van der Waals surface area contributed by atoms with E-state index in [2.05, 4.69) is 15.4 Å². The Hall–Kier alpha value is -2.25. The van der Waals surface area contributed by atoms with Gasteiger partial charge in [-0.05, 0) is 31.0 Å². The predicted molar refractivity (Wildman–Crippen MR) is 91.8 cm³/mol. The van der Waals surface area contributed by atoms with Crippen LogP contribution in [0.2, 0.25) is 0 Å². The van der Waals surface area contributed by atoms with Gasteiger partial charge in [-0.25, -0.2) is 0 Å². The van der Waals surface area contributed by atoms with Gasteiger partial charge in [0.2, 0.25) is 5.91 Å². The normalized spacial score (nSPS) is 20.4. The van der Waals surface area contributed by atoms with Crippen molar-refractivity contribution in [3.05, 3.63) is 48.0 Å². The lowest BCUT2D eigenvalue weighted by Crippen LogP contribution is -2.50. The van der Waals surface area contributed by atoms with Crippen LogP contribution in [-0.4, -0.2) is 46.0 Å². The van der Waals surface area contributed by atoms with E-state index in [0.29, 0.717) is 32.8 Å². The Balaban J connectivity index is 1.47. The smallest absolute Gasteiger partial charge is 0.222 e. The van der Waals surface area contributed by atoms with Gasteiger partial charge in [0.15, 0.2) is 0 Å². The first-order valence-corrected chi connectivity index (χ1v) is 8.58. The molecule has 0 aromatic carbocycles. The highest BCUT2D eigenvalue weighted by Crippen LogP contribution is 2.14. The van der Waals surface area contributed by atoms with Gasteiger partial charge in [0.05, 0.1) is 37.3 Å². The molecule has 7 nitrogen and oxygen atoms in total. The van der Waals surface area contributed by atoms with Crippen LogP contribution in [0.4, 0.5) is 0 Å². The molecule has 0 unspecified atom stereocenters. The summed E-state index contributed by atoms with van der Waals surface area (Å²) < 4.78 is 13.3. The minimum atomic E-state index is -0.135. The number of hydrogen-bond donors (Lipinski definition) is 1. The van der Waals surface area contributed by atoms with Crippen LogP contribution in [0.25, 0.3) is 0 Å². The molecule has 2 atom stereocenters. The van der Waals surface area contributed by atoms with E-state index in [1.54, 1.807) is 17.1 Å². The Bertz CT molecular complexity index is 674. The van der Waals surface area contributed by atoms with Crippen molar-refractivity contribution in [2.75, 3.05) is 13.2 Å². The van der Waals surface area contributed by atoms with Crippen molar-refractivity contribution in [3.63, 3.8) is 0 Å². The lowest BCUT2D eigenvalue weighted by Gasteiger charge is -2.32. The van der Waals surface area contributed by atoms with Crippen LogP contribution >= 0.6 is 0 Å². The third kappa shape index (κ3) is 5.37. The molecule has 1 aliphatic heterocycles. The molecule has 3 heterocycles. The molecule has 2 aromatic heterocycles. The van der Waals surface area contributed by atoms with Gasteiger partial charge < -0.3 is 14.8 Å². The molecule has 25 heavy (non-hydrogen) atoms. The van der Waals surface area contributed by atoms with E-state index in [1.807, 2.05) is 31.3 Å². The molecule has 0 spiro atoms. The van der Waals surface area contributed by atoms with Gasteiger partial charge in [0, 0.05) is 32.0 Å². The van der Waals surface area contributed by atoms with E-state index in [9.17, 15) is 4.79 Å². The molecule has 1 amide bonds. The second-order valence-corrected chi connectivity index (χ2v) is 6.24. The van der Waals surface area contributed by atoms with Crippen LogP contribution < -0.4 is 5.32 Å². The van der Waals surface area contributed by atoms with Crippen molar-refractivity contribution in [2.24, 2.45) is 0 Å². The molecule has 1 N–H and O–H groups in total. The molecule has 0 aliphatic carbocycles. The molecular weight excluding hydrogens is 320 g/mol. The number of rotatable bonds is 7. The fourth-order valence-electron chi connectivity index (χ4n) is 2.81. The lowest BCUT2D eigenvalue weighted by atomic mass is 10.1. The topological polar surface area (TPSA) is 78.3 Å².